The maximum absolute atomic E-state index is 12.2. The van der Waals surface area contributed by atoms with Crippen LogP contribution in [-0.4, -0.2) is 48.8 Å². The van der Waals surface area contributed by atoms with Gasteiger partial charge >= 0.3 is 0 Å². The zero-order valence-corrected chi connectivity index (χ0v) is 13.3. The fourth-order valence-corrected chi connectivity index (χ4v) is 2.24. The van der Waals surface area contributed by atoms with Gasteiger partial charge in [-0.3, -0.25) is 14.4 Å². The summed E-state index contributed by atoms with van der Waals surface area (Å²) in [5.41, 5.74) is 1.53. The number of hydrogen-bond donors (Lipinski definition) is 1. The maximum Gasteiger partial charge on any atom is 0.249 e. The van der Waals surface area contributed by atoms with Gasteiger partial charge in [0.15, 0.2) is 5.78 Å². The van der Waals surface area contributed by atoms with E-state index in [1.807, 2.05) is 0 Å². The van der Waals surface area contributed by atoms with Gasteiger partial charge in [0.2, 0.25) is 11.8 Å². The molecule has 0 aromatic heterocycles. The second-order valence-corrected chi connectivity index (χ2v) is 5.35. The van der Waals surface area contributed by atoms with Crippen molar-refractivity contribution in [2.45, 2.75) is 13.8 Å². The van der Waals surface area contributed by atoms with Crippen molar-refractivity contribution in [2.24, 2.45) is 0 Å². The maximum atomic E-state index is 12.2. The number of nitrogens with zero attached hydrogens (tertiary/aromatic N) is 1. The van der Waals surface area contributed by atoms with E-state index >= 15 is 0 Å². The van der Waals surface area contributed by atoms with Crippen molar-refractivity contribution >= 4 is 23.3 Å². The molecule has 2 amide bonds. The number of hydrogen-bond acceptors (Lipinski definition) is 4. The Morgan fingerprint density at radius 3 is 2.26 bits per heavy atom. The van der Waals surface area contributed by atoms with Gasteiger partial charge in [-0.25, -0.2) is 0 Å². The normalized spacial score (nSPS) is 15.2. The number of amides is 2. The van der Waals surface area contributed by atoms with Crippen LogP contribution in [-0.2, 0) is 14.3 Å². The molecule has 6 nitrogen and oxygen atoms in total. The summed E-state index contributed by atoms with van der Waals surface area (Å²) in [6.07, 6.45) is 1.29. The highest BCUT2D eigenvalue weighted by Gasteiger charge is 2.18. The first-order chi connectivity index (χ1) is 11.0. The Hall–Kier alpha value is -2.47. The number of carbonyl (C=O) groups excluding carboxylic acids is 3. The molecule has 0 spiro atoms. The molecule has 1 aromatic rings. The van der Waals surface area contributed by atoms with Crippen LogP contribution in [0.25, 0.3) is 0 Å². The third-order valence-corrected chi connectivity index (χ3v) is 3.54. The molecule has 0 aliphatic carbocycles. The molecular formula is C17H20N2O4. The van der Waals surface area contributed by atoms with Crippen molar-refractivity contribution in [1.29, 1.82) is 0 Å². The number of Topliss-reactive ketones (excluding diaryl/α,β-unsaturated/α-hetero) is 1. The van der Waals surface area contributed by atoms with Crippen LogP contribution in [0.5, 0.6) is 0 Å². The molecule has 122 valence electrons. The van der Waals surface area contributed by atoms with Crippen molar-refractivity contribution in [3.63, 3.8) is 0 Å². The molecule has 1 aliphatic rings. The van der Waals surface area contributed by atoms with Crippen LogP contribution in [0.15, 0.2) is 35.9 Å². The van der Waals surface area contributed by atoms with Gasteiger partial charge in [-0.15, -0.1) is 0 Å². The van der Waals surface area contributed by atoms with E-state index in [0.29, 0.717) is 43.1 Å². The van der Waals surface area contributed by atoms with Gasteiger partial charge in [-0.2, -0.15) is 0 Å². The van der Waals surface area contributed by atoms with Crippen molar-refractivity contribution in [1.82, 2.24) is 4.90 Å². The molecule has 6 heteroatoms. The molecule has 0 radical (unpaired) electrons. The molecular weight excluding hydrogens is 296 g/mol. The van der Waals surface area contributed by atoms with Crippen LogP contribution in [0.1, 0.15) is 24.2 Å². The van der Waals surface area contributed by atoms with Crippen LogP contribution in [0, 0.1) is 0 Å². The molecule has 0 atom stereocenters. The standard InChI is InChI=1S/C17H20N2O4/c1-12(17(22)19-7-9-23-10-8-19)11-16(21)18-15-5-3-14(4-6-15)13(2)20/h3-6,11H,7-10H2,1-2H3,(H,18,21)/b12-11+. The minimum Gasteiger partial charge on any atom is -0.378 e. The number of nitrogens with one attached hydrogen (secondary N) is 1. The zero-order chi connectivity index (χ0) is 16.8. The summed E-state index contributed by atoms with van der Waals surface area (Å²) in [6, 6.07) is 6.60. The van der Waals surface area contributed by atoms with E-state index < -0.39 is 0 Å². The van der Waals surface area contributed by atoms with Crippen molar-refractivity contribution in [3.05, 3.63) is 41.5 Å². The lowest BCUT2D eigenvalue weighted by atomic mass is 10.1. The van der Waals surface area contributed by atoms with Crippen molar-refractivity contribution in [3.8, 4) is 0 Å². The number of anilines is 1. The van der Waals surface area contributed by atoms with E-state index in [1.54, 1.807) is 36.1 Å². The van der Waals surface area contributed by atoms with Gasteiger partial charge < -0.3 is 15.0 Å². The Morgan fingerprint density at radius 1 is 1.09 bits per heavy atom. The van der Waals surface area contributed by atoms with Crippen LogP contribution in [0.4, 0.5) is 5.69 Å². The summed E-state index contributed by atoms with van der Waals surface area (Å²) >= 11 is 0. The highest BCUT2D eigenvalue weighted by Crippen LogP contribution is 2.11. The smallest absolute Gasteiger partial charge is 0.249 e. The lowest BCUT2D eigenvalue weighted by Crippen LogP contribution is -2.41. The SMILES string of the molecule is CC(=O)c1ccc(NC(=O)/C=C(\C)C(=O)N2CCOCC2)cc1. The molecule has 2 rings (SSSR count). The molecule has 0 bridgehead atoms. The number of carbonyl (C=O) groups is 3. The second kappa shape index (κ2) is 7.69. The first kappa shape index (κ1) is 16.9. The number of benzene rings is 1. The Labute approximate surface area is 135 Å². The summed E-state index contributed by atoms with van der Waals surface area (Å²) in [4.78, 5) is 37.0. The van der Waals surface area contributed by atoms with E-state index in [0.717, 1.165) is 0 Å². The number of morpholine rings is 1. The van der Waals surface area contributed by atoms with Gasteiger partial charge in [-0.05, 0) is 38.1 Å². The summed E-state index contributed by atoms with van der Waals surface area (Å²) in [5.74, 6) is -0.565. The molecule has 1 N–H and O–H groups in total. The lowest BCUT2D eigenvalue weighted by molar-refractivity contribution is -0.131. The molecule has 1 heterocycles. The van der Waals surface area contributed by atoms with Crippen molar-refractivity contribution < 1.29 is 19.1 Å². The Morgan fingerprint density at radius 2 is 1.70 bits per heavy atom. The molecule has 0 saturated carbocycles. The fourth-order valence-electron chi connectivity index (χ4n) is 2.24. The molecule has 1 aliphatic heterocycles. The largest absolute Gasteiger partial charge is 0.378 e. The molecule has 1 fully saturated rings. The quantitative estimate of drug-likeness (QED) is 0.677. The Balaban J connectivity index is 1.96. The van der Waals surface area contributed by atoms with Gasteiger partial charge in [-0.1, -0.05) is 0 Å². The van der Waals surface area contributed by atoms with Crippen LogP contribution in [0.3, 0.4) is 0 Å². The van der Waals surface area contributed by atoms with E-state index in [9.17, 15) is 14.4 Å². The summed E-state index contributed by atoms with van der Waals surface area (Å²) in [5, 5.41) is 2.67. The Kier molecular flexibility index (Phi) is 5.65. The summed E-state index contributed by atoms with van der Waals surface area (Å²) in [6.45, 7) is 5.23. The molecule has 1 aromatic carbocycles. The average molecular weight is 316 g/mol. The zero-order valence-electron chi connectivity index (χ0n) is 13.3. The first-order valence-electron chi connectivity index (χ1n) is 7.44. The van der Waals surface area contributed by atoms with Gasteiger partial charge in [0, 0.05) is 36.0 Å². The van der Waals surface area contributed by atoms with Crippen LogP contribution >= 0.6 is 0 Å². The highest BCUT2D eigenvalue weighted by atomic mass is 16.5. The topological polar surface area (TPSA) is 75.7 Å². The van der Waals surface area contributed by atoms with Gasteiger partial charge in [0.05, 0.1) is 13.2 Å². The predicted molar refractivity (Wildman–Crippen MR) is 86.2 cm³/mol. The van der Waals surface area contributed by atoms with Gasteiger partial charge in [0.1, 0.15) is 0 Å². The first-order valence-corrected chi connectivity index (χ1v) is 7.44. The second-order valence-electron chi connectivity index (χ2n) is 5.35. The monoisotopic (exact) mass is 316 g/mol. The lowest BCUT2D eigenvalue weighted by Gasteiger charge is -2.27. The summed E-state index contributed by atoms with van der Waals surface area (Å²) < 4.78 is 5.20. The third-order valence-electron chi connectivity index (χ3n) is 3.54. The van der Waals surface area contributed by atoms with Crippen molar-refractivity contribution in [2.75, 3.05) is 31.6 Å². The molecule has 0 unspecified atom stereocenters. The number of ether oxygens (including phenoxy) is 1. The van der Waals surface area contributed by atoms with Crippen LogP contribution in [0.2, 0.25) is 0 Å². The number of ketones is 1. The van der Waals surface area contributed by atoms with E-state index in [2.05, 4.69) is 5.32 Å². The van der Waals surface area contributed by atoms with E-state index in [4.69, 9.17) is 4.74 Å². The molecule has 23 heavy (non-hydrogen) atoms. The number of rotatable bonds is 4. The average Bonchev–Trinajstić information content (AvgIpc) is 2.55. The minimum atomic E-state index is -0.375. The summed E-state index contributed by atoms with van der Waals surface area (Å²) in [7, 11) is 0. The molecule has 1 saturated heterocycles. The fraction of sp³-hybridized carbons (Fsp3) is 0.353. The van der Waals surface area contributed by atoms with E-state index in [1.165, 1.54) is 13.0 Å². The minimum absolute atomic E-state index is 0.0327. The van der Waals surface area contributed by atoms with Crippen LogP contribution < -0.4 is 5.32 Å². The van der Waals surface area contributed by atoms with Gasteiger partial charge in [0.25, 0.3) is 0 Å². The Bertz CT molecular complexity index is 628. The van der Waals surface area contributed by atoms with E-state index in [-0.39, 0.29) is 17.6 Å². The third kappa shape index (κ3) is 4.75. The highest BCUT2D eigenvalue weighted by molar-refractivity contribution is 6.06. The predicted octanol–water partition coefficient (Wildman–Crippen LogP) is 1.63.